The van der Waals surface area contributed by atoms with Crippen LogP contribution in [0.1, 0.15) is 10.5 Å². The van der Waals surface area contributed by atoms with Crippen molar-refractivity contribution in [1.29, 1.82) is 0 Å². The zero-order chi connectivity index (χ0) is 11.3. The number of hydrogen-bond donors (Lipinski definition) is 2. The van der Waals surface area contributed by atoms with Crippen LogP contribution >= 0.6 is 0 Å². The van der Waals surface area contributed by atoms with Crippen molar-refractivity contribution in [2.45, 2.75) is 0 Å². The molecule has 0 spiro atoms. The lowest BCUT2D eigenvalue weighted by Crippen LogP contribution is -2.15. The highest BCUT2D eigenvalue weighted by Crippen LogP contribution is 2.24. The van der Waals surface area contributed by atoms with Gasteiger partial charge in [0.05, 0.1) is 17.2 Å². The lowest BCUT2D eigenvalue weighted by Gasteiger charge is -1.96. The molecule has 0 aliphatic heterocycles. The molecule has 2 aromatic heterocycles. The van der Waals surface area contributed by atoms with Crippen molar-refractivity contribution in [2.24, 2.45) is 12.8 Å². The largest absolute Gasteiger partial charge is 0.364 e. The molecule has 6 nitrogen and oxygen atoms in total. The van der Waals surface area contributed by atoms with E-state index in [-0.39, 0.29) is 0 Å². The van der Waals surface area contributed by atoms with Gasteiger partial charge >= 0.3 is 0 Å². The van der Waals surface area contributed by atoms with Gasteiger partial charge < -0.3 is 5.73 Å². The third-order valence-corrected chi connectivity index (χ3v) is 2.68. The minimum atomic E-state index is -0.458. The summed E-state index contributed by atoms with van der Waals surface area (Å²) in [6, 6.07) is 3.65. The van der Waals surface area contributed by atoms with Crippen molar-refractivity contribution in [3.05, 3.63) is 24.0 Å². The van der Waals surface area contributed by atoms with Gasteiger partial charge in [0.15, 0.2) is 0 Å². The molecule has 16 heavy (non-hydrogen) atoms. The molecule has 0 fully saturated rings. The Morgan fingerprint density at radius 1 is 1.44 bits per heavy atom. The van der Waals surface area contributed by atoms with Crippen LogP contribution in [-0.4, -0.2) is 25.9 Å². The maximum Gasteiger partial charge on any atom is 0.267 e. The van der Waals surface area contributed by atoms with E-state index in [9.17, 15) is 4.79 Å². The molecule has 0 aliphatic rings. The average molecular weight is 215 g/mol. The summed E-state index contributed by atoms with van der Waals surface area (Å²) in [5.41, 5.74) is 7.42. The molecule has 0 atom stereocenters. The number of primary amides is 1. The molecule has 0 saturated heterocycles. The Labute approximate surface area is 90.0 Å². The number of aromatic amines is 1. The van der Waals surface area contributed by atoms with Crippen molar-refractivity contribution in [2.75, 3.05) is 0 Å². The number of benzene rings is 1. The van der Waals surface area contributed by atoms with E-state index < -0.39 is 5.91 Å². The van der Waals surface area contributed by atoms with Crippen LogP contribution < -0.4 is 5.73 Å². The first-order chi connectivity index (χ1) is 7.68. The number of fused-ring (bicyclic) bond motifs is 3. The Balaban J connectivity index is 2.55. The Kier molecular flexibility index (Phi) is 1.57. The number of carbonyl (C=O) groups excluding carboxylic acids is 1. The fourth-order valence-corrected chi connectivity index (χ4v) is 2.00. The van der Waals surface area contributed by atoms with Crippen LogP contribution in [0.15, 0.2) is 18.3 Å². The number of rotatable bonds is 1. The molecule has 1 aromatic carbocycles. The number of amides is 1. The van der Waals surface area contributed by atoms with E-state index in [2.05, 4.69) is 15.3 Å². The van der Waals surface area contributed by atoms with Crippen LogP contribution in [0.4, 0.5) is 0 Å². The fraction of sp³-hybridized carbons (Fsp3) is 0.100. The SMILES string of the molecule is Cn1[nH]c2c(ccc3nncc32)c1C(N)=O. The molecule has 0 radical (unpaired) electrons. The molecule has 2 heterocycles. The second-order valence-corrected chi connectivity index (χ2v) is 3.65. The van der Waals surface area contributed by atoms with E-state index in [0.29, 0.717) is 5.69 Å². The summed E-state index contributed by atoms with van der Waals surface area (Å²) in [5.74, 6) is -0.458. The van der Waals surface area contributed by atoms with E-state index in [1.165, 1.54) is 0 Å². The summed E-state index contributed by atoms with van der Waals surface area (Å²) in [5, 5.41) is 12.5. The Morgan fingerprint density at radius 3 is 3.00 bits per heavy atom. The molecule has 6 heteroatoms. The first-order valence-corrected chi connectivity index (χ1v) is 4.77. The predicted octanol–water partition coefficient (Wildman–Crippen LogP) is 0.548. The van der Waals surface area contributed by atoms with Crippen molar-refractivity contribution in [3.8, 4) is 0 Å². The van der Waals surface area contributed by atoms with Crippen LogP contribution in [0.5, 0.6) is 0 Å². The van der Waals surface area contributed by atoms with Gasteiger partial charge in [-0.1, -0.05) is 0 Å². The van der Waals surface area contributed by atoms with Gasteiger partial charge in [0.2, 0.25) is 0 Å². The normalized spacial score (nSPS) is 11.3. The highest BCUT2D eigenvalue weighted by Gasteiger charge is 2.14. The van der Waals surface area contributed by atoms with Gasteiger partial charge in [0, 0.05) is 17.8 Å². The highest BCUT2D eigenvalue weighted by molar-refractivity contribution is 6.11. The first kappa shape index (κ1) is 8.90. The number of H-pyrrole nitrogens is 1. The highest BCUT2D eigenvalue weighted by atomic mass is 16.1. The van der Waals surface area contributed by atoms with Crippen LogP contribution in [-0.2, 0) is 7.05 Å². The molecule has 0 bridgehead atoms. The number of nitrogens with two attached hydrogens (primary N) is 1. The molecular weight excluding hydrogens is 206 g/mol. The molecule has 80 valence electrons. The van der Waals surface area contributed by atoms with Gasteiger partial charge in [0.25, 0.3) is 5.91 Å². The minimum Gasteiger partial charge on any atom is -0.364 e. The van der Waals surface area contributed by atoms with E-state index in [1.807, 2.05) is 12.1 Å². The van der Waals surface area contributed by atoms with Crippen molar-refractivity contribution >= 4 is 27.7 Å². The minimum absolute atomic E-state index is 0.457. The van der Waals surface area contributed by atoms with E-state index in [4.69, 9.17) is 5.73 Å². The van der Waals surface area contributed by atoms with Gasteiger partial charge in [-0.3, -0.25) is 14.6 Å². The Morgan fingerprint density at radius 2 is 2.25 bits per heavy atom. The maximum absolute atomic E-state index is 11.3. The standard InChI is InChI=1S/C10H9N5O/c1-15-9(10(11)16)5-2-3-7-6(4-12-13-7)8(5)14-15/h2-4,14H,1H3,(H2,11,16). The van der Waals surface area contributed by atoms with Gasteiger partial charge in [-0.2, -0.15) is 10.2 Å². The van der Waals surface area contributed by atoms with Crippen LogP contribution in [0.25, 0.3) is 21.8 Å². The van der Waals surface area contributed by atoms with Crippen molar-refractivity contribution < 1.29 is 4.79 Å². The average Bonchev–Trinajstić information content (AvgIpc) is 2.78. The van der Waals surface area contributed by atoms with E-state index in [1.54, 1.807) is 17.9 Å². The number of nitrogens with one attached hydrogen (secondary N) is 1. The number of hydrogen-bond acceptors (Lipinski definition) is 3. The maximum atomic E-state index is 11.3. The van der Waals surface area contributed by atoms with Crippen LogP contribution in [0.2, 0.25) is 0 Å². The smallest absolute Gasteiger partial charge is 0.267 e. The lowest BCUT2D eigenvalue weighted by atomic mass is 10.1. The lowest BCUT2D eigenvalue weighted by molar-refractivity contribution is 0.0993. The molecular formula is C10H9N5O. The number of carbonyl (C=O) groups is 1. The molecule has 3 aromatic rings. The molecule has 3 rings (SSSR count). The summed E-state index contributed by atoms with van der Waals surface area (Å²) in [4.78, 5) is 11.3. The molecule has 0 unspecified atom stereocenters. The number of nitrogens with zero attached hydrogens (tertiary/aromatic N) is 3. The zero-order valence-electron chi connectivity index (χ0n) is 8.56. The van der Waals surface area contributed by atoms with Crippen molar-refractivity contribution in [1.82, 2.24) is 20.0 Å². The van der Waals surface area contributed by atoms with Crippen LogP contribution in [0.3, 0.4) is 0 Å². The van der Waals surface area contributed by atoms with Gasteiger partial charge in [-0.25, -0.2) is 0 Å². The second-order valence-electron chi connectivity index (χ2n) is 3.65. The van der Waals surface area contributed by atoms with Gasteiger partial charge in [-0.05, 0) is 12.1 Å². The predicted molar refractivity (Wildman–Crippen MR) is 58.9 cm³/mol. The van der Waals surface area contributed by atoms with E-state index >= 15 is 0 Å². The summed E-state index contributed by atoms with van der Waals surface area (Å²) < 4.78 is 1.61. The summed E-state index contributed by atoms with van der Waals surface area (Å²) in [6.07, 6.45) is 1.67. The monoisotopic (exact) mass is 215 g/mol. The zero-order valence-corrected chi connectivity index (χ0v) is 8.56. The number of aryl methyl sites for hydroxylation is 1. The molecule has 0 saturated carbocycles. The molecule has 0 aliphatic carbocycles. The van der Waals surface area contributed by atoms with Crippen LogP contribution in [0, 0.1) is 0 Å². The van der Waals surface area contributed by atoms with E-state index in [0.717, 1.165) is 21.8 Å². The molecule has 3 N–H and O–H groups in total. The summed E-state index contributed by atoms with van der Waals surface area (Å²) in [6.45, 7) is 0. The van der Waals surface area contributed by atoms with Gasteiger partial charge in [-0.15, -0.1) is 0 Å². The Hall–Kier alpha value is -2.37. The third kappa shape index (κ3) is 0.979. The topological polar surface area (TPSA) is 89.6 Å². The van der Waals surface area contributed by atoms with Gasteiger partial charge in [0.1, 0.15) is 5.69 Å². The summed E-state index contributed by atoms with van der Waals surface area (Å²) >= 11 is 0. The number of aromatic nitrogens is 4. The quantitative estimate of drug-likeness (QED) is 0.621. The van der Waals surface area contributed by atoms with Crippen molar-refractivity contribution in [3.63, 3.8) is 0 Å². The summed E-state index contributed by atoms with van der Waals surface area (Å²) in [7, 11) is 1.75. The molecule has 1 amide bonds. The second kappa shape index (κ2) is 2.82. The third-order valence-electron chi connectivity index (χ3n) is 2.68. The fourth-order valence-electron chi connectivity index (χ4n) is 2.00. The Bertz CT molecular complexity index is 708. The first-order valence-electron chi connectivity index (χ1n) is 4.77.